The number of ether oxygens (including phenoxy) is 3. The van der Waals surface area contributed by atoms with E-state index in [1.807, 2.05) is 27.0 Å². The number of fused-ring (bicyclic) bond motifs is 7. The van der Waals surface area contributed by atoms with Crippen LogP contribution in [0.3, 0.4) is 0 Å². The first-order valence-corrected chi connectivity index (χ1v) is 18.9. The second-order valence-electron chi connectivity index (χ2n) is 12.2. The lowest BCUT2D eigenvalue weighted by molar-refractivity contribution is -0.149. The van der Waals surface area contributed by atoms with Gasteiger partial charge in [-0.3, -0.25) is 14.6 Å². The molecule has 0 saturated heterocycles. The molecule has 8 rings (SSSR count). The molecule has 5 heterocycles. The molecule has 3 aliphatic rings. The molecule has 0 radical (unpaired) electrons. The van der Waals surface area contributed by atoms with E-state index in [1.54, 1.807) is 29.0 Å². The number of carbonyl (C=O) groups is 2. The molecule has 0 bridgehead atoms. The van der Waals surface area contributed by atoms with E-state index in [9.17, 15) is 9.59 Å². The van der Waals surface area contributed by atoms with Crippen molar-refractivity contribution in [3.63, 3.8) is 0 Å². The number of esters is 2. The van der Waals surface area contributed by atoms with Gasteiger partial charge in [0, 0.05) is 16.0 Å². The molecule has 0 fully saturated rings. The lowest BCUT2D eigenvalue weighted by Crippen LogP contribution is -2.23. The number of hydrogen-bond donors (Lipinski definition) is 1. The minimum atomic E-state index is -0.101. The summed E-state index contributed by atoms with van der Waals surface area (Å²) in [6.07, 6.45) is 9.64. The summed E-state index contributed by atoms with van der Waals surface area (Å²) in [4.78, 5) is 50.0. The van der Waals surface area contributed by atoms with Gasteiger partial charge in [-0.15, -0.1) is 22.7 Å². The van der Waals surface area contributed by atoms with Crippen molar-refractivity contribution < 1.29 is 23.8 Å². The second-order valence-corrected chi connectivity index (χ2v) is 14.7. The third-order valence-corrected chi connectivity index (χ3v) is 11.8. The summed E-state index contributed by atoms with van der Waals surface area (Å²) < 4.78 is 16.2. The van der Waals surface area contributed by atoms with Crippen LogP contribution in [0, 0.1) is 11.8 Å². The predicted octanol–water partition coefficient (Wildman–Crippen LogP) is 7.45. The van der Waals surface area contributed by atoms with Crippen molar-refractivity contribution in [1.82, 2.24) is 19.9 Å². The number of aryl methyl sites for hydroxylation is 2. The van der Waals surface area contributed by atoms with E-state index >= 15 is 0 Å². The van der Waals surface area contributed by atoms with Crippen molar-refractivity contribution >= 4 is 84.4 Å². The van der Waals surface area contributed by atoms with Gasteiger partial charge in [-0.25, -0.2) is 19.9 Å². The molecular weight excluding hydrogens is 696 g/mol. The number of nitrogens with zero attached hydrogens (tertiary/aromatic N) is 5. The van der Waals surface area contributed by atoms with Crippen molar-refractivity contribution in [3.8, 4) is 5.75 Å². The fourth-order valence-electron chi connectivity index (χ4n) is 6.84. The van der Waals surface area contributed by atoms with Crippen LogP contribution in [0.2, 0.25) is 5.15 Å². The zero-order valence-corrected chi connectivity index (χ0v) is 30.5. The summed E-state index contributed by atoms with van der Waals surface area (Å²) in [5.41, 5.74) is 5.59. The summed E-state index contributed by atoms with van der Waals surface area (Å²) in [7, 11) is 0. The van der Waals surface area contributed by atoms with E-state index in [4.69, 9.17) is 25.8 Å². The number of anilines is 2. The van der Waals surface area contributed by atoms with Crippen LogP contribution in [0.1, 0.15) is 65.6 Å². The highest BCUT2D eigenvalue weighted by atomic mass is 35.5. The zero-order valence-electron chi connectivity index (χ0n) is 28.1. The van der Waals surface area contributed by atoms with Gasteiger partial charge < -0.3 is 19.5 Å². The van der Waals surface area contributed by atoms with Crippen LogP contribution in [-0.2, 0) is 51.3 Å². The summed E-state index contributed by atoms with van der Waals surface area (Å²) in [5, 5.41) is 6.02. The maximum absolute atomic E-state index is 12.2. The first kappa shape index (κ1) is 34.3. The molecule has 5 aromatic rings. The molecule has 0 spiro atoms. The topological polar surface area (TPSA) is 138 Å². The second kappa shape index (κ2) is 15.0. The highest BCUT2D eigenvalue weighted by Gasteiger charge is 2.31. The monoisotopic (exact) mass is 732 g/mol. The van der Waals surface area contributed by atoms with E-state index in [0.717, 1.165) is 75.4 Å². The van der Waals surface area contributed by atoms with Crippen molar-refractivity contribution in [2.75, 3.05) is 25.1 Å². The third-order valence-electron chi connectivity index (χ3n) is 9.17. The molecule has 11 nitrogen and oxygen atoms in total. The van der Waals surface area contributed by atoms with Gasteiger partial charge in [0.2, 0.25) is 0 Å². The van der Waals surface area contributed by atoms with Crippen LogP contribution >= 0.6 is 34.3 Å². The maximum atomic E-state index is 12.2. The largest absolute Gasteiger partial charge is 0.492 e. The number of carbonyl (C=O) groups excluding carboxylic acids is 2. The highest BCUT2D eigenvalue weighted by Crippen LogP contribution is 2.42. The smallest absolute Gasteiger partial charge is 0.309 e. The minimum Gasteiger partial charge on any atom is -0.492 e. The molecule has 2 atom stereocenters. The molecule has 260 valence electrons. The Morgan fingerprint density at radius 3 is 2.10 bits per heavy atom. The van der Waals surface area contributed by atoms with Crippen molar-refractivity contribution in [1.29, 1.82) is 0 Å². The number of benzene rings is 1. The summed E-state index contributed by atoms with van der Waals surface area (Å²) >= 11 is 9.40. The number of aliphatic imine (C=N–C) groups is 1. The van der Waals surface area contributed by atoms with E-state index in [0.29, 0.717) is 37.9 Å². The van der Waals surface area contributed by atoms with Gasteiger partial charge in [-0.05, 0) is 93.7 Å². The van der Waals surface area contributed by atoms with Crippen molar-refractivity contribution in [3.05, 3.63) is 61.9 Å². The first-order valence-electron chi connectivity index (χ1n) is 16.9. The first-order chi connectivity index (χ1) is 24.4. The number of thiophene rings is 2. The van der Waals surface area contributed by atoms with Gasteiger partial charge in [0.15, 0.2) is 0 Å². The Balaban J connectivity index is 0.000000176. The molecule has 4 aromatic heterocycles. The zero-order chi connectivity index (χ0) is 34.8. The Hall–Kier alpha value is -4.20. The van der Waals surface area contributed by atoms with Crippen LogP contribution in [-0.4, -0.2) is 57.9 Å². The Labute approximate surface area is 302 Å². The van der Waals surface area contributed by atoms with Gasteiger partial charge >= 0.3 is 11.9 Å². The fraction of sp³-hybridized carbons (Fsp3) is 0.417. The highest BCUT2D eigenvalue weighted by molar-refractivity contribution is 7.19. The SMILES string of the molecule is CCOC(=O)C1CCc2c(sc3ncnc(Cl)c23)C1.CCOC(=O)C1CCc2c(sc3ncnc(Nc4cc5c(cc4OCC)CN=C5)c23)C1. The van der Waals surface area contributed by atoms with Crippen LogP contribution in [0.25, 0.3) is 20.4 Å². The predicted molar refractivity (Wildman–Crippen MR) is 196 cm³/mol. The summed E-state index contributed by atoms with van der Waals surface area (Å²) in [5.74, 6) is 1.26. The average Bonchev–Trinajstić information content (AvgIpc) is 3.84. The molecule has 1 aliphatic heterocycles. The molecule has 1 N–H and O–H groups in total. The van der Waals surface area contributed by atoms with Gasteiger partial charge in [-0.2, -0.15) is 0 Å². The molecule has 2 aliphatic carbocycles. The molecular formula is C36H37ClN6O5S2. The maximum Gasteiger partial charge on any atom is 0.309 e. The molecule has 1 aromatic carbocycles. The summed E-state index contributed by atoms with van der Waals surface area (Å²) in [6, 6.07) is 4.12. The van der Waals surface area contributed by atoms with Crippen LogP contribution < -0.4 is 10.1 Å². The van der Waals surface area contributed by atoms with Crippen LogP contribution in [0.5, 0.6) is 5.75 Å². The molecule has 50 heavy (non-hydrogen) atoms. The van der Waals surface area contributed by atoms with E-state index in [1.165, 1.54) is 32.8 Å². The lowest BCUT2D eigenvalue weighted by Gasteiger charge is -2.21. The number of aromatic nitrogens is 4. The normalized spacial score (nSPS) is 17.4. The minimum absolute atomic E-state index is 0.0350. The molecule has 14 heteroatoms. The Kier molecular flexibility index (Phi) is 10.2. The van der Waals surface area contributed by atoms with Gasteiger partial charge in [0.25, 0.3) is 0 Å². The quantitative estimate of drug-likeness (QED) is 0.127. The van der Waals surface area contributed by atoms with E-state index in [2.05, 4.69) is 42.4 Å². The number of nitrogens with one attached hydrogen (secondary N) is 1. The van der Waals surface area contributed by atoms with E-state index < -0.39 is 0 Å². The van der Waals surface area contributed by atoms with Crippen LogP contribution in [0.4, 0.5) is 11.5 Å². The van der Waals surface area contributed by atoms with E-state index in [-0.39, 0.29) is 23.8 Å². The number of hydrogen-bond acceptors (Lipinski definition) is 13. The third kappa shape index (κ3) is 6.78. The fourth-order valence-corrected chi connectivity index (χ4v) is 9.67. The standard InChI is InChI=1S/C23H24N4O3S.C13H13ClN2O2S/c1-3-29-18-8-15-11-24-10-14(15)7-17(18)27-21-20-16-6-5-13(23(28)30-4-2)9-19(16)31-22(20)26-12-25-21;1-2-18-13(17)7-3-4-8-9(5-7)19-12-10(8)11(14)15-6-16-12/h7-8,10,12-13H,3-6,9,11H2,1-2H3,(H,25,26,27);6-7H,2-5H2,1H3. The number of halogens is 1. The van der Waals surface area contributed by atoms with Crippen molar-refractivity contribution in [2.45, 2.75) is 65.8 Å². The van der Waals surface area contributed by atoms with Crippen molar-refractivity contribution in [2.24, 2.45) is 16.8 Å². The van der Waals surface area contributed by atoms with Gasteiger partial charge in [0.1, 0.15) is 39.0 Å². The Bertz CT molecular complexity index is 2110. The molecule has 0 saturated carbocycles. The lowest BCUT2D eigenvalue weighted by atomic mass is 9.88. The summed E-state index contributed by atoms with van der Waals surface area (Å²) in [6.45, 7) is 7.78. The number of rotatable bonds is 8. The van der Waals surface area contributed by atoms with Gasteiger partial charge in [-0.1, -0.05) is 11.6 Å². The molecule has 0 amide bonds. The Morgan fingerprint density at radius 1 is 0.840 bits per heavy atom. The van der Waals surface area contributed by atoms with Crippen LogP contribution in [0.15, 0.2) is 29.8 Å². The van der Waals surface area contributed by atoms with Gasteiger partial charge in [0.05, 0.1) is 54.7 Å². The average molecular weight is 733 g/mol. The molecule has 2 unspecified atom stereocenters. The Morgan fingerprint density at radius 2 is 1.46 bits per heavy atom.